The number of hydrogen-bond acceptors (Lipinski definition) is 1. The number of rotatable bonds is 4. The molecule has 10 heavy (non-hydrogen) atoms. The summed E-state index contributed by atoms with van der Waals surface area (Å²) in [6.45, 7) is 4.80. The van der Waals surface area contributed by atoms with Gasteiger partial charge in [0.15, 0.2) is 0 Å². The van der Waals surface area contributed by atoms with Crippen LogP contribution < -0.4 is 5.32 Å². The van der Waals surface area contributed by atoms with Crippen LogP contribution in [0.1, 0.15) is 20.3 Å². The zero-order valence-electron chi connectivity index (χ0n) is 6.48. The van der Waals surface area contributed by atoms with E-state index < -0.39 is 0 Å². The van der Waals surface area contributed by atoms with Crippen LogP contribution in [-0.4, -0.2) is 17.8 Å². The van der Waals surface area contributed by atoms with Crippen molar-refractivity contribution in [1.82, 2.24) is 5.32 Å². The van der Waals surface area contributed by atoms with Gasteiger partial charge in [0.1, 0.15) is 0 Å². The van der Waals surface area contributed by atoms with Gasteiger partial charge in [-0.15, -0.1) is 0 Å². The molecule has 0 aliphatic heterocycles. The van der Waals surface area contributed by atoms with Gasteiger partial charge in [-0.1, -0.05) is 29.8 Å². The molecule has 0 spiro atoms. The van der Waals surface area contributed by atoms with Crippen molar-refractivity contribution in [2.24, 2.45) is 5.92 Å². The summed E-state index contributed by atoms with van der Waals surface area (Å²) in [6.07, 6.45) is 0.632. The molecule has 60 valence electrons. The molecule has 3 heteroatoms. The third kappa shape index (κ3) is 6.08. The third-order valence-corrected chi connectivity index (χ3v) is 1.41. The highest BCUT2D eigenvalue weighted by Crippen LogP contribution is 1.97. The Bertz CT molecular complexity index is 104. The number of halogens is 1. The van der Waals surface area contributed by atoms with Gasteiger partial charge in [-0.25, -0.2) is 0 Å². The standard InChI is InChI=1S/C7H14BrNO/c1-6(2)5-7(10)9-4-3-8/h6H,3-5H2,1-2H3,(H,9,10). The predicted octanol–water partition coefficient (Wildman–Crippen LogP) is 1.54. The van der Waals surface area contributed by atoms with Gasteiger partial charge in [0.05, 0.1) is 0 Å². The summed E-state index contributed by atoms with van der Waals surface area (Å²) in [5.74, 6) is 0.602. The summed E-state index contributed by atoms with van der Waals surface area (Å²) in [7, 11) is 0. The Kier molecular flexibility index (Phi) is 5.69. The Morgan fingerprint density at radius 2 is 2.20 bits per heavy atom. The zero-order chi connectivity index (χ0) is 7.98. The average molecular weight is 208 g/mol. The van der Waals surface area contributed by atoms with E-state index in [2.05, 4.69) is 21.2 Å². The van der Waals surface area contributed by atoms with Gasteiger partial charge in [-0.3, -0.25) is 4.79 Å². The van der Waals surface area contributed by atoms with E-state index in [4.69, 9.17) is 0 Å². The zero-order valence-corrected chi connectivity index (χ0v) is 8.07. The fraction of sp³-hybridized carbons (Fsp3) is 0.857. The van der Waals surface area contributed by atoms with Gasteiger partial charge in [-0.05, 0) is 5.92 Å². The molecule has 1 N–H and O–H groups in total. The smallest absolute Gasteiger partial charge is 0.220 e. The molecular formula is C7H14BrNO. The normalized spacial score (nSPS) is 10.0. The summed E-state index contributed by atoms with van der Waals surface area (Å²) in [4.78, 5) is 10.9. The quantitative estimate of drug-likeness (QED) is 0.697. The highest BCUT2D eigenvalue weighted by molar-refractivity contribution is 9.09. The first-order valence-electron chi connectivity index (χ1n) is 3.49. The van der Waals surface area contributed by atoms with Crippen molar-refractivity contribution in [2.45, 2.75) is 20.3 Å². The molecule has 0 saturated carbocycles. The Morgan fingerprint density at radius 3 is 2.60 bits per heavy atom. The van der Waals surface area contributed by atoms with Gasteiger partial charge in [-0.2, -0.15) is 0 Å². The number of hydrogen-bond donors (Lipinski definition) is 1. The van der Waals surface area contributed by atoms with E-state index in [0.29, 0.717) is 12.3 Å². The van der Waals surface area contributed by atoms with Crippen LogP contribution >= 0.6 is 15.9 Å². The largest absolute Gasteiger partial charge is 0.355 e. The van der Waals surface area contributed by atoms with Gasteiger partial charge in [0.25, 0.3) is 0 Å². The lowest BCUT2D eigenvalue weighted by molar-refractivity contribution is -0.121. The summed E-state index contributed by atoms with van der Waals surface area (Å²) < 4.78 is 0. The minimum atomic E-state index is 0.148. The molecule has 1 amide bonds. The molecule has 0 bridgehead atoms. The molecule has 0 fully saturated rings. The molecule has 0 rings (SSSR count). The van der Waals surface area contributed by atoms with Gasteiger partial charge in [0, 0.05) is 18.3 Å². The molecule has 0 aromatic carbocycles. The van der Waals surface area contributed by atoms with Crippen molar-refractivity contribution in [1.29, 1.82) is 0 Å². The van der Waals surface area contributed by atoms with Crippen molar-refractivity contribution in [3.8, 4) is 0 Å². The summed E-state index contributed by atoms with van der Waals surface area (Å²) >= 11 is 3.23. The van der Waals surface area contributed by atoms with Crippen molar-refractivity contribution in [2.75, 3.05) is 11.9 Å². The number of alkyl halides is 1. The van der Waals surface area contributed by atoms with Gasteiger partial charge < -0.3 is 5.32 Å². The van der Waals surface area contributed by atoms with Crippen LogP contribution in [0.4, 0.5) is 0 Å². The van der Waals surface area contributed by atoms with Crippen LogP contribution in [0.2, 0.25) is 0 Å². The second-order valence-corrected chi connectivity index (χ2v) is 3.43. The molecule has 2 nitrogen and oxygen atoms in total. The lowest BCUT2D eigenvalue weighted by Crippen LogP contribution is -2.26. The lowest BCUT2D eigenvalue weighted by Gasteiger charge is -2.04. The summed E-state index contributed by atoms with van der Waals surface area (Å²) in [5, 5.41) is 3.61. The number of carbonyl (C=O) groups excluding carboxylic acids is 1. The first-order valence-corrected chi connectivity index (χ1v) is 4.61. The van der Waals surface area contributed by atoms with E-state index in [1.54, 1.807) is 0 Å². The van der Waals surface area contributed by atoms with E-state index in [1.807, 2.05) is 13.8 Å². The highest BCUT2D eigenvalue weighted by Gasteiger charge is 2.01. The van der Waals surface area contributed by atoms with Crippen LogP contribution in [0.5, 0.6) is 0 Å². The lowest BCUT2D eigenvalue weighted by atomic mass is 10.1. The van der Waals surface area contributed by atoms with Crippen molar-refractivity contribution < 1.29 is 4.79 Å². The maximum atomic E-state index is 10.9. The molecule has 0 atom stereocenters. The van der Waals surface area contributed by atoms with Crippen LogP contribution in [0.25, 0.3) is 0 Å². The third-order valence-electron chi connectivity index (χ3n) is 1.01. The Morgan fingerprint density at radius 1 is 1.60 bits per heavy atom. The van der Waals surface area contributed by atoms with E-state index in [0.717, 1.165) is 11.9 Å². The first-order chi connectivity index (χ1) is 4.66. The van der Waals surface area contributed by atoms with Gasteiger partial charge >= 0.3 is 0 Å². The molecule has 0 aliphatic rings. The van der Waals surface area contributed by atoms with E-state index in [9.17, 15) is 4.79 Å². The van der Waals surface area contributed by atoms with E-state index in [1.165, 1.54) is 0 Å². The minimum absolute atomic E-state index is 0.148. The Hall–Kier alpha value is -0.0500. The van der Waals surface area contributed by atoms with Crippen molar-refractivity contribution in [3.05, 3.63) is 0 Å². The monoisotopic (exact) mass is 207 g/mol. The van der Waals surface area contributed by atoms with E-state index >= 15 is 0 Å². The molecule has 0 heterocycles. The summed E-state index contributed by atoms with van der Waals surface area (Å²) in [5.41, 5.74) is 0. The number of amides is 1. The van der Waals surface area contributed by atoms with E-state index in [-0.39, 0.29) is 5.91 Å². The van der Waals surface area contributed by atoms with Crippen LogP contribution in [0, 0.1) is 5.92 Å². The van der Waals surface area contributed by atoms with Crippen LogP contribution in [0.3, 0.4) is 0 Å². The van der Waals surface area contributed by atoms with Gasteiger partial charge in [0.2, 0.25) is 5.91 Å². The predicted molar refractivity (Wildman–Crippen MR) is 46.3 cm³/mol. The molecule has 0 aliphatic carbocycles. The molecule has 0 saturated heterocycles. The van der Waals surface area contributed by atoms with Crippen molar-refractivity contribution >= 4 is 21.8 Å². The fourth-order valence-electron chi connectivity index (χ4n) is 0.630. The second kappa shape index (κ2) is 5.71. The fourth-order valence-corrected chi connectivity index (χ4v) is 0.828. The Balaban J connectivity index is 3.26. The maximum Gasteiger partial charge on any atom is 0.220 e. The molecule has 0 aromatic rings. The summed E-state index contributed by atoms with van der Waals surface area (Å²) in [6, 6.07) is 0. The van der Waals surface area contributed by atoms with Crippen molar-refractivity contribution in [3.63, 3.8) is 0 Å². The molecule has 0 aromatic heterocycles. The second-order valence-electron chi connectivity index (χ2n) is 2.64. The first kappa shape index (κ1) is 9.95. The van der Waals surface area contributed by atoms with Crippen LogP contribution in [0.15, 0.2) is 0 Å². The number of carbonyl (C=O) groups is 1. The van der Waals surface area contributed by atoms with Crippen LogP contribution in [-0.2, 0) is 4.79 Å². The SMILES string of the molecule is CC(C)CC(=O)NCCBr. The Labute approximate surface area is 70.5 Å². The molecule has 0 unspecified atom stereocenters. The average Bonchev–Trinajstić information content (AvgIpc) is 1.82. The molecular weight excluding hydrogens is 194 g/mol. The number of nitrogens with one attached hydrogen (secondary N) is 1. The maximum absolute atomic E-state index is 10.9. The molecule has 0 radical (unpaired) electrons. The highest BCUT2D eigenvalue weighted by atomic mass is 79.9. The topological polar surface area (TPSA) is 29.1 Å². The minimum Gasteiger partial charge on any atom is -0.355 e.